The Labute approximate surface area is 122 Å². The molecule has 1 aliphatic rings. The van der Waals surface area contributed by atoms with Crippen LogP contribution in [0.2, 0.25) is 0 Å². The molecule has 1 saturated heterocycles. The number of aromatic nitrogens is 1. The van der Waals surface area contributed by atoms with E-state index in [1.165, 1.54) is 4.57 Å². The van der Waals surface area contributed by atoms with Crippen molar-refractivity contribution in [2.45, 2.75) is 38.6 Å². The third-order valence-electron chi connectivity index (χ3n) is 3.81. The number of rotatable bonds is 2. The maximum Gasteiger partial charge on any atom is 0.420 e. The van der Waals surface area contributed by atoms with Crippen LogP contribution in [0.5, 0.6) is 0 Å². The second-order valence-corrected chi connectivity index (χ2v) is 5.56. The van der Waals surface area contributed by atoms with Crippen molar-refractivity contribution in [1.29, 1.82) is 0 Å². The molecule has 0 unspecified atom stereocenters. The summed E-state index contributed by atoms with van der Waals surface area (Å²) < 4.78 is 6.71. The molecule has 6 heteroatoms. The van der Waals surface area contributed by atoms with Crippen LogP contribution < -0.4 is 11.1 Å². The lowest BCUT2D eigenvalue weighted by Crippen LogP contribution is -2.43. The monoisotopic (exact) mass is 290 g/mol. The number of piperidine rings is 1. The summed E-state index contributed by atoms with van der Waals surface area (Å²) in [6, 6.07) is 4.81. The van der Waals surface area contributed by atoms with Gasteiger partial charge in [0.2, 0.25) is 11.8 Å². The van der Waals surface area contributed by atoms with Gasteiger partial charge in [-0.3, -0.25) is 19.5 Å². The first-order valence-corrected chi connectivity index (χ1v) is 6.96. The van der Waals surface area contributed by atoms with Crippen molar-refractivity contribution < 1.29 is 15.4 Å². The second-order valence-electron chi connectivity index (χ2n) is 5.56. The van der Waals surface area contributed by atoms with Crippen molar-refractivity contribution in [3.05, 3.63) is 34.3 Å². The van der Waals surface area contributed by atoms with Gasteiger partial charge in [0.15, 0.2) is 5.58 Å². The average molecular weight is 290 g/mol. The lowest BCUT2D eigenvalue weighted by molar-refractivity contribution is -0.135. The Balaban J connectivity index is 0.00000176. The van der Waals surface area contributed by atoms with E-state index < -0.39 is 17.7 Å². The first kappa shape index (κ1) is 13.6. The molecule has 1 aromatic heterocycles. The summed E-state index contributed by atoms with van der Waals surface area (Å²) in [5.74, 6) is -1.12. The van der Waals surface area contributed by atoms with Gasteiger partial charge in [-0.05, 0) is 24.0 Å². The number of nitrogens with one attached hydrogen (secondary N) is 1. The smallest absolute Gasteiger partial charge is 0.407 e. The van der Waals surface area contributed by atoms with Gasteiger partial charge in [0, 0.05) is 7.85 Å². The molecule has 1 N–H and O–H groups in total. The highest BCUT2D eigenvalue weighted by Crippen LogP contribution is 2.28. The number of para-hydroxylation sites is 1. The van der Waals surface area contributed by atoms with Gasteiger partial charge < -0.3 is 4.42 Å². The highest BCUT2D eigenvalue weighted by atomic mass is 16.4. The van der Waals surface area contributed by atoms with Crippen molar-refractivity contribution in [2.24, 2.45) is 0 Å². The van der Waals surface area contributed by atoms with Crippen LogP contribution >= 0.6 is 0 Å². The lowest BCUT2D eigenvalue weighted by atomic mass is 10.0. The van der Waals surface area contributed by atoms with E-state index in [9.17, 15) is 14.4 Å². The summed E-state index contributed by atoms with van der Waals surface area (Å²) in [4.78, 5) is 35.4. The van der Waals surface area contributed by atoms with E-state index in [4.69, 9.17) is 4.42 Å². The van der Waals surface area contributed by atoms with Gasteiger partial charge in [-0.2, -0.15) is 0 Å². The largest absolute Gasteiger partial charge is 0.420 e. The molecule has 1 aromatic carbocycles. The zero-order valence-electron chi connectivity index (χ0n) is 11.9. The summed E-state index contributed by atoms with van der Waals surface area (Å²) in [5, 5.41) is 2.27. The van der Waals surface area contributed by atoms with Crippen molar-refractivity contribution >= 4 is 22.9 Å². The molecule has 1 aliphatic heterocycles. The quantitative estimate of drug-likeness (QED) is 0.857. The maximum atomic E-state index is 12.2. The number of carbonyl (C=O) groups is 2. The molecule has 3 rings (SSSR count). The average Bonchev–Trinajstić information content (AvgIpc) is 2.74. The van der Waals surface area contributed by atoms with E-state index in [2.05, 4.69) is 5.32 Å². The standard InChI is InChI=1S/C15H16N2O4.H2/c1-8(2)9-4-3-5-10-13(9)21-15(20)17(10)11-6-7-12(18)16-14(11)19;/h3-5,8,11H,6-7H2,1-2H3,(H,16,18,19);1H/t11-;/m0./s1. The number of hydrogen-bond acceptors (Lipinski definition) is 4. The Hall–Kier alpha value is -2.37. The molecule has 0 saturated carbocycles. The molecule has 2 aromatic rings. The minimum absolute atomic E-state index is 0. The highest BCUT2D eigenvalue weighted by Gasteiger charge is 2.31. The van der Waals surface area contributed by atoms with Gasteiger partial charge in [0.1, 0.15) is 6.04 Å². The van der Waals surface area contributed by atoms with Crippen molar-refractivity contribution in [3.8, 4) is 0 Å². The van der Waals surface area contributed by atoms with E-state index in [0.717, 1.165) is 5.56 Å². The Kier molecular flexibility index (Phi) is 3.16. The Morgan fingerprint density at radius 1 is 1.33 bits per heavy atom. The van der Waals surface area contributed by atoms with Crippen LogP contribution in [0.25, 0.3) is 11.1 Å². The number of carbonyl (C=O) groups excluding carboxylic acids is 2. The zero-order valence-corrected chi connectivity index (χ0v) is 11.9. The molecule has 6 nitrogen and oxygen atoms in total. The van der Waals surface area contributed by atoms with E-state index in [1.54, 1.807) is 6.07 Å². The Morgan fingerprint density at radius 3 is 2.76 bits per heavy atom. The van der Waals surface area contributed by atoms with Gasteiger partial charge in [-0.15, -0.1) is 0 Å². The van der Waals surface area contributed by atoms with Gasteiger partial charge >= 0.3 is 5.76 Å². The van der Waals surface area contributed by atoms with E-state index in [1.807, 2.05) is 26.0 Å². The summed E-state index contributed by atoms with van der Waals surface area (Å²) in [7, 11) is 0. The fraction of sp³-hybridized carbons (Fsp3) is 0.400. The zero-order chi connectivity index (χ0) is 15.1. The fourth-order valence-electron chi connectivity index (χ4n) is 2.76. The first-order chi connectivity index (χ1) is 9.99. The van der Waals surface area contributed by atoms with Gasteiger partial charge in [-0.1, -0.05) is 26.0 Å². The van der Waals surface area contributed by atoms with Crippen LogP contribution in [0.15, 0.2) is 27.4 Å². The molecule has 2 amide bonds. The molecule has 1 atom stereocenters. The van der Waals surface area contributed by atoms with Gasteiger partial charge in [-0.25, -0.2) is 4.79 Å². The molecule has 1 fully saturated rings. The molecule has 21 heavy (non-hydrogen) atoms. The van der Waals surface area contributed by atoms with Crippen molar-refractivity contribution in [3.63, 3.8) is 0 Å². The minimum Gasteiger partial charge on any atom is -0.407 e. The number of oxazole rings is 1. The first-order valence-electron chi connectivity index (χ1n) is 6.96. The van der Waals surface area contributed by atoms with Crippen molar-refractivity contribution in [2.75, 3.05) is 0 Å². The number of nitrogens with zero attached hydrogens (tertiary/aromatic N) is 1. The van der Waals surface area contributed by atoms with E-state index in [-0.39, 0.29) is 19.7 Å². The minimum atomic E-state index is -0.695. The molecule has 112 valence electrons. The Morgan fingerprint density at radius 2 is 2.10 bits per heavy atom. The number of benzene rings is 1. The number of fused-ring (bicyclic) bond motifs is 1. The van der Waals surface area contributed by atoms with Crippen molar-refractivity contribution in [1.82, 2.24) is 9.88 Å². The molecular formula is C15H18N2O4. The van der Waals surface area contributed by atoms with Gasteiger partial charge in [0.25, 0.3) is 0 Å². The lowest BCUT2D eigenvalue weighted by Gasteiger charge is -2.21. The molecule has 0 radical (unpaired) electrons. The number of imide groups is 1. The Bertz CT molecular complexity index is 790. The predicted molar refractivity (Wildman–Crippen MR) is 78.1 cm³/mol. The summed E-state index contributed by atoms with van der Waals surface area (Å²) in [6.45, 7) is 4.02. The number of hydrogen-bond donors (Lipinski definition) is 1. The fourth-order valence-corrected chi connectivity index (χ4v) is 2.76. The van der Waals surface area contributed by atoms with Crippen LogP contribution in [-0.4, -0.2) is 16.4 Å². The normalized spacial score (nSPS) is 19.3. The predicted octanol–water partition coefficient (Wildman–Crippen LogP) is 1.94. The summed E-state index contributed by atoms with van der Waals surface area (Å²) >= 11 is 0. The second kappa shape index (κ2) is 4.87. The summed E-state index contributed by atoms with van der Waals surface area (Å²) in [6.07, 6.45) is 0.532. The SMILES string of the molecule is CC(C)c1cccc2c1oc(=O)n2[C@H]1CCC(=O)NC1=O.[HH]. The number of amides is 2. The molecule has 0 aliphatic carbocycles. The third-order valence-corrected chi connectivity index (χ3v) is 3.81. The topological polar surface area (TPSA) is 81.3 Å². The molecule has 0 spiro atoms. The van der Waals surface area contributed by atoms with Crippen LogP contribution in [0, 0.1) is 0 Å². The van der Waals surface area contributed by atoms with Gasteiger partial charge in [0.05, 0.1) is 5.52 Å². The van der Waals surface area contributed by atoms with Crippen LogP contribution in [-0.2, 0) is 9.59 Å². The van der Waals surface area contributed by atoms with E-state index in [0.29, 0.717) is 17.5 Å². The van der Waals surface area contributed by atoms with Crippen LogP contribution in [0.4, 0.5) is 0 Å². The molecule has 0 bridgehead atoms. The third kappa shape index (κ3) is 2.16. The van der Waals surface area contributed by atoms with E-state index >= 15 is 0 Å². The molecular weight excluding hydrogens is 272 g/mol. The summed E-state index contributed by atoms with van der Waals surface area (Å²) in [5.41, 5.74) is 2.04. The maximum absolute atomic E-state index is 12.2. The molecule has 2 heterocycles. The van der Waals surface area contributed by atoms with Crippen LogP contribution in [0.3, 0.4) is 0 Å². The van der Waals surface area contributed by atoms with Crippen LogP contribution in [0.1, 0.15) is 45.6 Å². The highest BCUT2D eigenvalue weighted by molar-refractivity contribution is 6.00.